The van der Waals surface area contributed by atoms with Gasteiger partial charge in [-0.2, -0.15) is 0 Å². The standard InChI is InChI=1S/C32H37NO3Si/c1-31(2,3)37(5,6)36-29-21-22(30(34)35-4)20-28(29)33-32(23-14-8-7-9-15-23)26-18-12-10-16-24(26)25-17-11-13-19-27(25)32/h7-20,28-29,33H,21H2,1-6H3/t28-,29+/m1/s1. The monoisotopic (exact) mass is 511 g/mol. The lowest BCUT2D eigenvalue weighted by atomic mass is 9.80. The lowest BCUT2D eigenvalue weighted by Gasteiger charge is -2.42. The van der Waals surface area contributed by atoms with Crippen molar-refractivity contribution < 1.29 is 14.0 Å². The maximum atomic E-state index is 12.7. The van der Waals surface area contributed by atoms with Crippen LogP contribution in [-0.4, -0.2) is 33.5 Å². The molecule has 0 radical (unpaired) electrons. The minimum atomic E-state index is -2.11. The van der Waals surface area contributed by atoms with Crippen LogP contribution in [0.2, 0.25) is 18.1 Å². The zero-order chi connectivity index (χ0) is 26.4. The Kier molecular flexibility index (Phi) is 6.51. The number of benzene rings is 3. The summed E-state index contributed by atoms with van der Waals surface area (Å²) in [5.41, 5.74) is 6.14. The smallest absolute Gasteiger partial charge is 0.333 e. The van der Waals surface area contributed by atoms with Crippen molar-refractivity contribution in [1.29, 1.82) is 0 Å². The largest absolute Gasteiger partial charge is 0.466 e. The molecular formula is C32H37NO3Si. The number of hydrogen-bond donors (Lipinski definition) is 1. The Morgan fingerprint density at radius 3 is 1.97 bits per heavy atom. The van der Waals surface area contributed by atoms with Crippen molar-refractivity contribution in [1.82, 2.24) is 5.32 Å². The third kappa shape index (κ3) is 4.29. The van der Waals surface area contributed by atoms with E-state index in [4.69, 9.17) is 9.16 Å². The maximum absolute atomic E-state index is 12.7. The fourth-order valence-corrected chi connectivity index (χ4v) is 6.89. The van der Waals surface area contributed by atoms with Gasteiger partial charge in [0.05, 0.1) is 24.8 Å². The third-order valence-electron chi connectivity index (χ3n) is 8.44. The highest BCUT2D eigenvalue weighted by Crippen LogP contribution is 2.51. The summed E-state index contributed by atoms with van der Waals surface area (Å²) in [6.45, 7) is 11.3. The van der Waals surface area contributed by atoms with Crippen molar-refractivity contribution in [3.8, 4) is 11.1 Å². The van der Waals surface area contributed by atoms with Gasteiger partial charge in [-0.05, 0) is 45.9 Å². The van der Waals surface area contributed by atoms with Gasteiger partial charge < -0.3 is 9.16 Å². The third-order valence-corrected chi connectivity index (χ3v) is 12.9. The first-order chi connectivity index (χ1) is 17.6. The van der Waals surface area contributed by atoms with Crippen LogP contribution in [-0.2, 0) is 19.5 Å². The van der Waals surface area contributed by atoms with Crippen LogP contribution >= 0.6 is 0 Å². The van der Waals surface area contributed by atoms with Gasteiger partial charge in [0.25, 0.3) is 0 Å². The summed E-state index contributed by atoms with van der Waals surface area (Å²) in [4.78, 5) is 12.7. The molecule has 0 amide bonds. The average molecular weight is 512 g/mol. The Bertz CT molecular complexity index is 1290. The molecule has 2 aliphatic carbocycles. The first kappa shape index (κ1) is 25.6. The van der Waals surface area contributed by atoms with Crippen molar-refractivity contribution in [2.45, 2.75) is 63.0 Å². The van der Waals surface area contributed by atoms with Crippen LogP contribution in [0.4, 0.5) is 0 Å². The Morgan fingerprint density at radius 2 is 1.43 bits per heavy atom. The zero-order valence-electron chi connectivity index (χ0n) is 22.7. The number of methoxy groups -OCH3 is 1. The van der Waals surface area contributed by atoms with Crippen molar-refractivity contribution in [3.63, 3.8) is 0 Å². The van der Waals surface area contributed by atoms with E-state index in [2.05, 4.69) is 118 Å². The van der Waals surface area contributed by atoms with Crippen molar-refractivity contribution in [3.05, 3.63) is 107 Å². The van der Waals surface area contributed by atoms with Gasteiger partial charge in [-0.3, -0.25) is 5.32 Å². The highest BCUT2D eigenvalue weighted by molar-refractivity contribution is 6.74. The Hall–Kier alpha value is -2.99. The van der Waals surface area contributed by atoms with Gasteiger partial charge in [-0.15, -0.1) is 0 Å². The van der Waals surface area contributed by atoms with E-state index in [9.17, 15) is 4.79 Å². The number of carbonyl (C=O) groups is 1. The Balaban J connectivity index is 1.67. The van der Waals surface area contributed by atoms with Gasteiger partial charge >= 0.3 is 5.97 Å². The molecule has 2 atom stereocenters. The molecule has 3 aromatic carbocycles. The molecule has 0 saturated heterocycles. The molecule has 37 heavy (non-hydrogen) atoms. The molecule has 0 heterocycles. The van der Waals surface area contributed by atoms with E-state index < -0.39 is 13.9 Å². The Labute approximate surface area is 221 Å². The average Bonchev–Trinajstić information content (AvgIpc) is 3.40. The van der Waals surface area contributed by atoms with Gasteiger partial charge in [0, 0.05) is 12.0 Å². The van der Waals surface area contributed by atoms with E-state index in [0.717, 1.165) is 0 Å². The SMILES string of the molecule is COC(=O)C1=C[C@@H](NC2(c3ccccc3)c3ccccc3-c3ccccc32)[C@@H](O[Si](C)(C)C(C)(C)C)C1. The zero-order valence-corrected chi connectivity index (χ0v) is 23.7. The van der Waals surface area contributed by atoms with Gasteiger partial charge in [0.1, 0.15) is 0 Å². The second-order valence-electron chi connectivity index (χ2n) is 11.7. The molecule has 0 aliphatic heterocycles. The van der Waals surface area contributed by atoms with Crippen LogP contribution in [0.5, 0.6) is 0 Å². The Morgan fingerprint density at radius 1 is 0.892 bits per heavy atom. The van der Waals surface area contributed by atoms with E-state index in [-0.39, 0.29) is 23.2 Å². The molecule has 0 spiro atoms. The maximum Gasteiger partial charge on any atom is 0.333 e. The van der Waals surface area contributed by atoms with E-state index in [0.29, 0.717) is 12.0 Å². The molecule has 4 nitrogen and oxygen atoms in total. The number of hydrogen-bond acceptors (Lipinski definition) is 4. The number of carbonyl (C=O) groups excluding carboxylic acids is 1. The van der Waals surface area contributed by atoms with E-state index >= 15 is 0 Å². The van der Waals surface area contributed by atoms with E-state index in [1.165, 1.54) is 34.9 Å². The molecule has 0 fully saturated rings. The molecule has 3 aromatic rings. The number of ether oxygens (including phenoxy) is 1. The molecule has 0 unspecified atom stereocenters. The number of fused-ring (bicyclic) bond motifs is 3. The van der Waals surface area contributed by atoms with E-state index in [1.807, 2.05) is 6.08 Å². The van der Waals surface area contributed by atoms with Gasteiger partial charge in [0.2, 0.25) is 0 Å². The van der Waals surface area contributed by atoms with Crippen LogP contribution < -0.4 is 5.32 Å². The van der Waals surface area contributed by atoms with E-state index in [1.54, 1.807) is 0 Å². The van der Waals surface area contributed by atoms with Crippen LogP contribution in [0.1, 0.15) is 43.9 Å². The minimum Gasteiger partial charge on any atom is -0.466 e. The summed E-state index contributed by atoms with van der Waals surface area (Å²) in [7, 11) is -0.668. The summed E-state index contributed by atoms with van der Waals surface area (Å²) in [5.74, 6) is -0.283. The number of esters is 1. The first-order valence-corrected chi connectivity index (χ1v) is 16.0. The number of rotatable bonds is 6. The fraction of sp³-hybridized carbons (Fsp3) is 0.344. The topological polar surface area (TPSA) is 47.6 Å². The summed E-state index contributed by atoms with van der Waals surface area (Å²) >= 11 is 0. The number of nitrogens with one attached hydrogen (secondary N) is 1. The van der Waals surface area contributed by atoms with Crippen LogP contribution in [0.15, 0.2) is 90.5 Å². The highest BCUT2D eigenvalue weighted by atomic mass is 28.4. The summed E-state index contributed by atoms with van der Waals surface area (Å²) in [6, 6.07) is 27.7. The van der Waals surface area contributed by atoms with Crippen LogP contribution in [0, 0.1) is 0 Å². The second kappa shape index (κ2) is 9.39. The van der Waals surface area contributed by atoms with Crippen LogP contribution in [0.25, 0.3) is 11.1 Å². The van der Waals surface area contributed by atoms with Gasteiger partial charge in [-0.1, -0.05) is 106 Å². The van der Waals surface area contributed by atoms with Crippen molar-refractivity contribution in [2.24, 2.45) is 0 Å². The van der Waals surface area contributed by atoms with Crippen LogP contribution in [0.3, 0.4) is 0 Å². The minimum absolute atomic E-state index is 0.0508. The lowest BCUT2D eigenvalue weighted by Crippen LogP contribution is -2.54. The molecule has 0 aromatic heterocycles. The molecule has 192 valence electrons. The van der Waals surface area contributed by atoms with Gasteiger partial charge in [0.15, 0.2) is 8.32 Å². The molecule has 0 saturated carbocycles. The van der Waals surface area contributed by atoms with Crippen molar-refractivity contribution in [2.75, 3.05) is 7.11 Å². The normalized spacial score (nSPS) is 20.2. The molecular weight excluding hydrogens is 474 g/mol. The summed E-state index contributed by atoms with van der Waals surface area (Å²) in [5, 5.41) is 4.12. The molecule has 0 bridgehead atoms. The highest BCUT2D eigenvalue weighted by Gasteiger charge is 2.49. The second-order valence-corrected chi connectivity index (χ2v) is 16.4. The molecule has 5 heteroatoms. The predicted molar refractivity (Wildman–Crippen MR) is 152 cm³/mol. The lowest BCUT2D eigenvalue weighted by molar-refractivity contribution is -0.136. The molecule has 5 rings (SSSR count). The van der Waals surface area contributed by atoms with Crippen molar-refractivity contribution >= 4 is 14.3 Å². The first-order valence-electron chi connectivity index (χ1n) is 13.1. The fourth-order valence-electron chi connectivity index (χ4n) is 5.55. The summed E-state index contributed by atoms with van der Waals surface area (Å²) < 4.78 is 12.1. The summed E-state index contributed by atoms with van der Waals surface area (Å²) in [6.07, 6.45) is 2.40. The predicted octanol–water partition coefficient (Wildman–Crippen LogP) is 6.81. The van der Waals surface area contributed by atoms with Gasteiger partial charge in [-0.25, -0.2) is 4.79 Å². The molecule has 2 aliphatic rings. The quantitative estimate of drug-likeness (QED) is 0.292. The molecule has 1 N–H and O–H groups in total.